The lowest BCUT2D eigenvalue weighted by molar-refractivity contribution is -0.181. The van der Waals surface area contributed by atoms with Crippen molar-refractivity contribution in [3.63, 3.8) is 0 Å². The Kier molecular flexibility index (Phi) is 3.48. The Labute approximate surface area is 138 Å². The predicted molar refractivity (Wildman–Crippen MR) is 88.0 cm³/mol. The third-order valence-corrected chi connectivity index (χ3v) is 5.45. The summed E-state index contributed by atoms with van der Waals surface area (Å²) in [7, 11) is 0. The molecule has 0 amide bonds. The zero-order valence-corrected chi connectivity index (χ0v) is 13.8. The second kappa shape index (κ2) is 5.38. The average molecular weight is 361 g/mol. The molecule has 1 saturated carbocycles. The van der Waals surface area contributed by atoms with E-state index in [1.54, 1.807) is 0 Å². The summed E-state index contributed by atoms with van der Waals surface area (Å²) in [5, 5.41) is 1.11. The molecule has 1 saturated heterocycles. The smallest absolute Gasteiger partial charge is 0.188 e. The van der Waals surface area contributed by atoms with E-state index in [1.807, 2.05) is 12.1 Å². The molecule has 22 heavy (non-hydrogen) atoms. The average Bonchev–Trinajstić information content (AvgIpc) is 3.13. The molecule has 1 aromatic carbocycles. The fourth-order valence-electron chi connectivity index (χ4n) is 3.68. The van der Waals surface area contributed by atoms with Crippen molar-refractivity contribution in [2.24, 2.45) is 0 Å². The van der Waals surface area contributed by atoms with Crippen LogP contribution in [0, 0.1) is 6.57 Å². The molecule has 1 aliphatic heterocycles. The molecule has 0 N–H and O–H groups in total. The van der Waals surface area contributed by atoms with Gasteiger partial charge in [0, 0.05) is 40.5 Å². The lowest BCUT2D eigenvalue weighted by Gasteiger charge is -2.36. The third kappa shape index (κ3) is 2.26. The highest BCUT2D eigenvalue weighted by Crippen LogP contribution is 2.42. The standard InChI is InChI=1S/C17H17BrN2O2/c1-19-12-2-3-16-14(10-12)15(18)11-20(16)13-4-6-17(7-5-13)21-8-9-22-17/h2-3,10-11,13H,4-9H2. The summed E-state index contributed by atoms with van der Waals surface area (Å²) in [6.07, 6.45) is 6.17. The van der Waals surface area contributed by atoms with E-state index in [4.69, 9.17) is 16.0 Å². The predicted octanol–water partition coefficient (Wildman–Crippen LogP) is 4.81. The van der Waals surface area contributed by atoms with Crippen molar-refractivity contribution in [2.75, 3.05) is 13.2 Å². The van der Waals surface area contributed by atoms with E-state index >= 15 is 0 Å². The molecular weight excluding hydrogens is 344 g/mol. The van der Waals surface area contributed by atoms with Crippen LogP contribution in [-0.4, -0.2) is 23.6 Å². The zero-order chi connectivity index (χ0) is 15.2. The Morgan fingerprint density at radius 3 is 2.64 bits per heavy atom. The quantitative estimate of drug-likeness (QED) is 0.682. The van der Waals surface area contributed by atoms with E-state index in [-0.39, 0.29) is 5.79 Å². The lowest BCUT2D eigenvalue weighted by Crippen LogP contribution is -2.35. The molecular formula is C17H17BrN2O2. The molecule has 2 aromatic rings. The largest absolute Gasteiger partial charge is 0.348 e. The second-order valence-electron chi connectivity index (χ2n) is 6.04. The van der Waals surface area contributed by atoms with Gasteiger partial charge in [-0.2, -0.15) is 0 Å². The van der Waals surface area contributed by atoms with Crippen LogP contribution in [0.4, 0.5) is 5.69 Å². The topological polar surface area (TPSA) is 27.8 Å². The van der Waals surface area contributed by atoms with Crippen LogP contribution in [0.25, 0.3) is 15.7 Å². The first kappa shape index (κ1) is 14.3. The molecule has 4 nitrogen and oxygen atoms in total. The second-order valence-corrected chi connectivity index (χ2v) is 6.89. The first-order valence-electron chi connectivity index (χ1n) is 7.66. The molecule has 114 valence electrons. The number of hydrogen-bond acceptors (Lipinski definition) is 2. The van der Waals surface area contributed by atoms with Crippen LogP contribution in [0.2, 0.25) is 0 Å². The van der Waals surface area contributed by atoms with Gasteiger partial charge in [-0.15, -0.1) is 0 Å². The van der Waals surface area contributed by atoms with Gasteiger partial charge in [0.1, 0.15) is 0 Å². The number of fused-ring (bicyclic) bond motifs is 1. The molecule has 1 spiro atoms. The van der Waals surface area contributed by atoms with Crippen LogP contribution in [-0.2, 0) is 9.47 Å². The third-order valence-electron chi connectivity index (χ3n) is 4.82. The first-order valence-corrected chi connectivity index (χ1v) is 8.46. The number of halogens is 1. The Balaban J connectivity index is 1.63. The Morgan fingerprint density at radius 2 is 1.95 bits per heavy atom. The molecule has 0 atom stereocenters. The molecule has 0 radical (unpaired) electrons. The number of nitrogens with zero attached hydrogens (tertiary/aromatic N) is 2. The minimum absolute atomic E-state index is 0.312. The van der Waals surface area contributed by atoms with Gasteiger partial charge in [-0.25, -0.2) is 4.85 Å². The van der Waals surface area contributed by atoms with Gasteiger partial charge in [0.2, 0.25) is 0 Å². The van der Waals surface area contributed by atoms with Crippen LogP contribution in [0.5, 0.6) is 0 Å². The van der Waals surface area contributed by atoms with Crippen molar-refractivity contribution < 1.29 is 9.47 Å². The highest BCUT2D eigenvalue weighted by molar-refractivity contribution is 9.10. The van der Waals surface area contributed by atoms with Gasteiger partial charge in [-0.3, -0.25) is 0 Å². The summed E-state index contributed by atoms with van der Waals surface area (Å²) in [4.78, 5) is 3.52. The molecule has 2 aliphatic rings. The van der Waals surface area contributed by atoms with E-state index in [0.29, 0.717) is 11.7 Å². The molecule has 0 unspecified atom stereocenters. The summed E-state index contributed by atoms with van der Waals surface area (Å²) in [5.74, 6) is -0.312. The molecule has 1 aliphatic carbocycles. The van der Waals surface area contributed by atoms with Crippen molar-refractivity contribution in [1.82, 2.24) is 4.57 Å². The number of aromatic nitrogens is 1. The fourth-order valence-corrected chi connectivity index (χ4v) is 4.22. The molecule has 1 aromatic heterocycles. The number of rotatable bonds is 1. The van der Waals surface area contributed by atoms with Crippen molar-refractivity contribution in [1.29, 1.82) is 0 Å². The number of benzene rings is 1. The van der Waals surface area contributed by atoms with Gasteiger partial charge in [0.15, 0.2) is 11.5 Å². The molecule has 2 fully saturated rings. The lowest BCUT2D eigenvalue weighted by atomic mass is 9.90. The summed E-state index contributed by atoms with van der Waals surface area (Å²) in [6.45, 7) is 8.61. The number of ether oxygens (including phenoxy) is 2. The van der Waals surface area contributed by atoms with E-state index in [1.165, 1.54) is 5.52 Å². The first-order chi connectivity index (χ1) is 10.7. The monoisotopic (exact) mass is 360 g/mol. The van der Waals surface area contributed by atoms with Crippen LogP contribution < -0.4 is 0 Å². The van der Waals surface area contributed by atoms with Crippen molar-refractivity contribution in [3.8, 4) is 0 Å². The van der Waals surface area contributed by atoms with Crippen molar-refractivity contribution >= 4 is 32.5 Å². The number of hydrogen-bond donors (Lipinski definition) is 0. The zero-order valence-electron chi connectivity index (χ0n) is 12.2. The van der Waals surface area contributed by atoms with E-state index in [2.05, 4.69) is 37.6 Å². The van der Waals surface area contributed by atoms with Gasteiger partial charge >= 0.3 is 0 Å². The SMILES string of the molecule is [C-]#[N+]c1ccc2c(c1)c(Br)cn2C1CCC2(CC1)OCCO2. The van der Waals surface area contributed by atoms with E-state index < -0.39 is 0 Å². The van der Waals surface area contributed by atoms with Gasteiger partial charge in [0.05, 0.1) is 19.8 Å². The van der Waals surface area contributed by atoms with Crippen molar-refractivity contribution in [3.05, 3.63) is 40.3 Å². The Morgan fingerprint density at radius 1 is 1.23 bits per heavy atom. The molecule has 5 heteroatoms. The van der Waals surface area contributed by atoms with Crippen LogP contribution >= 0.6 is 15.9 Å². The maximum atomic E-state index is 7.16. The molecule has 0 bridgehead atoms. The summed E-state index contributed by atoms with van der Waals surface area (Å²) < 4.78 is 15.0. The van der Waals surface area contributed by atoms with Gasteiger partial charge in [-0.05, 0) is 40.9 Å². The molecule has 2 heterocycles. The van der Waals surface area contributed by atoms with E-state index in [9.17, 15) is 0 Å². The normalized spacial score (nSPS) is 21.5. The summed E-state index contributed by atoms with van der Waals surface area (Å²) in [5.41, 5.74) is 1.87. The van der Waals surface area contributed by atoms with Crippen LogP contribution in [0.15, 0.2) is 28.9 Å². The van der Waals surface area contributed by atoms with Crippen molar-refractivity contribution in [2.45, 2.75) is 37.5 Å². The minimum atomic E-state index is -0.312. The summed E-state index contributed by atoms with van der Waals surface area (Å²) in [6, 6.07) is 6.37. The highest BCUT2D eigenvalue weighted by Gasteiger charge is 2.40. The fraction of sp³-hybridized carbons (Fsp3) is 0.471. The Bertz CT molecular complexity index is 746. The minimum Gasteiger partial charge on any atom is -0.348 e. The van der Waals surface area contributed by atoms with Gasteiger partial charge in [0.25, 0.3) is 0 Å². The highest BCUT2D eigenvalue weighted by atomic mass is 79.9. The van der Waals surface area contributed by atoms with Gasteiger partial charge in [-0.1, -0.05) is 6.07 Å². The maximum absolute atomic E-state index is 7.16. The Hall–Kier alpha value is -1.35. The summed E-state index contributed by atoms with van der Waals surface area (Å²) >= 11 is 3.63. The van der Waals surface area contributed by atoms with Crippen LogP contribution in [0.1, 0.15) is 31.7 Å². The van der Waals surface area contributed by atoms with Gasteiger partial charge < -0.3 is 14.0 Å². The molecule has 4 rings (SSSR count). The van der Waals surface area contributed by atoms with E-state index in [0.717, 1.165) is 48.8 Å². The van der Waals surface area contributed by atoms with Crippen LogP contribution in [0.3, 0.4) is 0 Å². The maximum Gasteiger partial charge on any atom is 0.188 e.